The summed E-state index contributed by atoms with van der Waals surface area (Å²) < 4.78 is 10.7. The molecule has 0 bridgehead atoms. The highest BCUT2D eigenvalue weighted by Gasteiger charge is 2.02. The highest BCUT2D eigenvalue weighted by molar-refractivity contribution is 7.80. The van der Waals surface area contributed by atoms with Crippen LogP contribution in [0.25, 0.3) is 0 Å². The highest BCUT2D eigenvalue weighted by Crippen LogP contribution is 2.20. The van der Waals surface area contributed by atoms with Crippen LogP contribution in [0.5, 0.6) is 11.6 Å². The molecule has 2 rings (SSSR count). The van der Waals surface area contributed by atoms with E-state index in [4.69, 9.17) is 27.4 Å². The second kappa shape index (κ2) is 6.98. The van der Waals surface area contributed by atoms with Crippen molar-refractivity contribution in [3.8, 4) is 11.6 Å². The van der Waals surface area contributed by atoms with E-state index in [0.717, 1.165) is 17.7 Å². The van der Waals surface area contributed by atoms with E-state index < -0.39 is 0 Å². The minimum absolute atomic E-state index is 0.326. The summed E-state index contributed by atoms with van der Waals surface area (Å²) >= 11 is 4.93. The van der Waals surface area contributed by atoms with Crippen LogP contribution in [0.2, 0.25) is 0 Å². The Labute approximate surface area is 123 Å². The second-order valence-corrected chi connectivity index (χ2v) is 4.68. The Morgan fingerprint density at radius 2 is 2.00 bits per heavy atom. The smallest absolute Gasteiger partial charge is 0.219 e. The summed E-state index contributed by atoms with van der Waals surface area (Å²) in [6.45, 7) is 0.706. The summed E-state index contributed by atoms with van der Waals surface area (Å²) in [7, 11) is 1.69. The van der Waals surface area contributed by atoms with Gasteiger partial charge in [0.1, 0.15) is 10.7 Å². The van der Waals surface area contributed by atoms with E-state index in [1.807, 2.05) is 24.3 Å². The number of nitrogens with zero attached hydrogens (tertiary/aromatic N) is 1. The van der Waals surface area contributed by atoms with E-state index in [0.29, 0.717) is 17.5 Å². The molecule has 0 aliphatic carbocycles. The number of hydrogen-bond donors (Lipinski definition) is 1. The Balaban J connectivity index is 2.06. The molecule has 20 heavy (non-hydrogen) atoms. The molecule has 0 atom stereocenters. The van der Waals surface area contributed by atoms with Crippen LogP contribution in [0.4, 0.5) is 0 Å². The monoisotopic (exact) mass is 288 g/mol. The van der Waals surface area contributed by atoms with Gasteiger partial charge in [0.05, 0.1) is 6.61 Å². The van der Waals surface area contributed by atoms with Crippen molar-refractivity contribution >= 4 is 17.2 Å². The lowest BCUT2D eigenvalue weighted by Crippen LogP contribution is -2.09. The third kappa shape index (κ3) is 4.01. The Kier molecular flexibility index (Phi) is 5.03. The van der Waals surface area contributed by atoms with Gasteiger partial charge in [-0.05, 0) is 30.2 Å². The van der Waals surface area contributed by atoms with Crippen LogP contribution >= 0.6 is 12.2 Å². The largest absolute Gasteiger partial charge is 0.439 e. The molecule has 0 saturated heterocycles. The van der Waals surface area contributed by atoms with Crippen LogP contribution in [-0.4, -0.2) is 23.7 Å². The fourth-order valence-corrected chi connectivity index (χ4v) is 1.81. The summed E-state index contributed by atoms with van der Waals surface area (Å²) in [5, 5.41) is 0. The van der Waals surface area contributed by atoms with Crippen LogP contribution in [0.15, 0.2) is 42.6 Å². The Bertz CT molecular complexity index is 585. The number of aromatic nitrogens is 1. The predicted octanol–water partition coefficient (Wildman–Crippen LogP) is 2.70. The molecule has 0 aliphatic heterocycles. The van der Waals surface area contributed by atoms with E-state index in [1.165, 1.54) is 5.56 Å². The van der Waals surface area contributed by atoms with E-state index in [-0.39, 0.29) is 0 Å². The van der Waals surface area contributed by atoms with Gasteiger partial charge in [0, 0.05) is 24.9 Å². The average molecular weight is 288 g/mol. The number of rotatable bonds is 6. The van der Waals surface area contributed by atoms with Crippen molar-refractivity contribution in [3.05, 3.63) is 53.7 Å². The van der Waals surface area contributed by atoms with Gasteiger partial charge >= 0.3 is 0 Å². The average Bonchev–Trinajstić information content (AvgIpc) is 2.47. The number of ether oxygens (including phenoxy) is 2. The number of hydrogen-bond acceptors (Lipinski definition) is 4. The van der Waals surface area contributed by atoms with Crippen LogP contribution in [0.1, 0.15) is 11.1 Å². The summed E-state index contributed by atoms with van der Waals surface area (Å²) in [5.41, 5.74) is 7.51. The Hall–Kier alpha value is -1.98. The topological polar surface area (TPSA) is 57.4 Å². The number of methoxy groups -OCH3 is 1. The van der Waals surface area contributed by atoms with E-state index >= 15 is 0 Å². The van der Waals surface area contributed by atoms with Crippen LogP contribution < -0.4 is 10.5 Å². The minimum Gasteiger partial charge on any atom is -0.439 e. The molecule has 2 N–H and O–H groups in total. The summed E-state index contributed by atoms with van der Waals surface area (Å²) in [4.78, 5) is 4.46. The van der Waals surface area contributed by atoms with Crippen molar-refractivity contribution in [3.63, 3.8) is 0 Å². The lowest BCUT2D eigenvalue weighted by molar-refractivity contribution is 0.202. The Morgan fingerprint density at radius 1 is 1.25 bits per heavy atom. The molecule has 2 aromatic rings. The summed E-state index contributed by atoms with van der Waals surface area (Å²) in [5.74, 6) is 1.19. The first-order chi connectivity index (χ1) is 9.69. The predicted molar refractivity (Wildman–Crippen MR) is 82.2 cm³/mol. The molecule has 0 fully saturated rings. The molecule has 0 unspecified atom stereocenters. The van der Waals surface area contributed by atoms with Crippen molar-refractivity contribution in [2.45, 2.75) is 6.42 Å². The maximum atomic E-state index is 5.67. The van der Waals surface area contributed by atoms with Crippen LogP contribution in [-0.2, 0) is 11.2 Å². The summed E-state index contributed by atoms with van der Waals surface area (Å²) in [6.07, 6.45) is 2.50. The van der Waals surface area contributed by atoms with Gasteiger partial charge in [-0.3, -0.25) is 0 Å². The standard InChI is InChI=1S/C15H16N2O2S/c1-18-9-7-11-2-4-13(5-3-11)19-14-10-12(15(16)20)6-8-17-14/h2-6,8,10H,7,9H2,1H3,(H2,16,20). The Morgan fingerprint density at radius 3 is 2.65 bits per heavy atom. The van der Waals surface area contributed by atoms with E-state index in [1.54, 1.807) is 25.4 Å². The molecule has 1 aromatic heterocycles. The van der Waals surface area contributed by atoms with Gasteiger partial charge in [-0.2, -0.15) is 0 Å². The van der Waals surface area contributed by atoms with Gasteiger partial charge in [-0.1, -0.05) is 24.4 Å². The van der Waals surface area contributed by atoms with Crippen molar-refractivity contribution in [1.82, 2.24) is 4.98 Å². The minimum atomic E-state index is 0.326. The lowest BCUT2D eigenvalue weighted by Gasteiger charge is -2.07. The van der Waals surface area contributed by atoms with Gasteiger partial charge in [0.2, 0.25) is 5.88 Å². The molecule has 0 radical (unpaired) electrons. The van der Waals surface area contributed by atoms with Crippen molar-refractivity contribution in [1.29, 1.82) is 0 Å². The molecule has 0 aliphatic rings. The molecule has 5 heteroatoms. The molecule has 1 aromatic carbocycles. The van der Waals surface area contributed by atoms with Gasteiger partial charge in [0.15, 0.2) is 0 Å². The zero-order valence-corrected chi connectivity index (χ0v) is 12.0. The highest BCUT2D eigenvalue weighted by atomic mass is 32.1. The fourth-order valence-electron chi connectivity index (χ4n) is 1.68. The van der Waals surface area contributed by atoms with Crippen LogP contribution in [0, 0.1) is 0 Å². The van der Waals surface area contributed by atoms with Gasteiger partial charge in [-0.15, -0.1) is 0 Å². The SMILES string of the molecule is COCCc1ccc(Oc2cc(C(N)=S)ccn2)cc1. The summed E-state index contributed by atoms with van der Waals surface area (Å²) in [6, 6.07) is 11.3. The molecule has 0 saturated carbocycles. The van der Waals surface area contributed by atoms with Crippen LogP contribution in [0.3, 0.4) is 0 Å². The molecule has 4 nitrogen and oxygen atoms in total. The fraction of sp³-hybridized carbons (Fsp3) is 0.200. The van der Waals surface area contributed by atoms with Crippen molar-refractivity contribution < 1.29 is 9.47 Å². The second-order valence-electron chi connectivity index (χ2n) is 4.24. The van der Waals surface area contributed by atoms with Gasteiger partial charge in [-0.25, -0.2) is 4.98 Å². The quantitative estimate of drug-likeness (QED) is 0.828. The zero-order valence-electron chi connectivity index (χ0n) is 11.2. The van der Waals surface area contributed by atoms with Gasteiger partial charge in [0.25, 0.3) is 0 Å². The third-order valence-corrected chi connectivity index (χ3v) is 3.00. The number of thiocarbonyl (C=S) groups is 1. The first-order valence-corrected chi connectivity index (χ1v) is 6.61. The molecule has 0 amide bonds. The molecular weight excluding hydrogens is 272 g/mol. The van der Waals surface area contributed by atoms with Crippen molar-refractivity contribution in [2.24, 2.45) is 5.73 Å². The first kappa shape index (κ1) is 14.4. The van der Waals surface area contributed by atoms with Gasteiger partial charge < -0.3 is 15.2 Å². The van der Waals surface area contributed by atoms with Crippen molar-refractivity contribution in [2.75, 3.05) is 13.7 Å². The maximum absolute atomic E-state index is 5.67. The molecular formula is C15H16N2O2S. The first-order valence-electron chi connectivity index (χ1n) is 6.20. The third-order valence-electron chi connectivity index (χ3n) is 2.76. The number of pyridine rings is 1. The normalized spacial score (nSPS) is 10.2. The zero-order chi connectivity index (χ0) is 14.4. The lowest BCUT2D eigenvalue weighted by atomic mass is 10.1. The van der Waals surface area contributed by atoms with E-state index in [9.17, 15) is 0 Å². The maximum Gasteiger partial charge on any atom is 0.219 e. The van der Waals surface area contributed by atoms with E-state index in [2.05, 4.69) is 4.98 Å². The molecule has 104 valence electrons. The number of benzene rings is 1. The molecule has 1 heterocycles. The number of nitrogens with two attached hydrogens (primary N) is 1. The molecule has 0 spiro atoms.